The van der Waals surface area contributed by atoms with E-state index in [1.807, 2.05) is 0 Å². The first kappa shape index (κ1) is 12.2. The Morgan fingerprint density at radius 2 is 1.71 bits per heavy atom. The fourth-order valence-electron chi connectivity index (χ4n) is 2.24. The van der Waals surface area contributed by atoms with Gasteiger partial charge in [0.05, 0.1) is 0 Å². The van der Waals surface area contributed by atoms with Crippen LogP contribution in [0.15, 0.2) is 18.2 Å². The third-order valence-corrected chi connectivity index (χ3v) is 3.50. The zero-order chi connectivity index (χ0) is 12.4. The van der Waals surface area contributed by atoms with E-state index in [2.05, 4.69) is 48.9 Å². The average Bonchev–Trinajstić information content (AvgIpc) is 2.29. The van der Waals surface area contributed by atoms with Crippen LogP contribution in [0.25, 0.3) is 0 Å². The van der Waals surface area contributed by atoms with Crippen LogP contribution in [0, 0.1) is 0 Å². The van der Waals surface area contributed by atoms with Crippen molar-refractivity contribution >= 4 is 11.4 Å². The minimum Gasteiger partial charge on any atom is -0.399 e. The first-order chi connectivity index (χ1) is 8.06. The largest absolute Gasteiger partial charge is 0.399 e. The van der Waals surface area contributed by atoms with Gasteiger partial charge in [0.15, 0.2) is 0 Å². The van der Waals surface area contributed by atoms with Gasteiger partial charge in [-0.2, -0.15) is 0 Å². The molecule has 2 rings (SSSR count). The van der Waals surface area contributed by atoms with Gasteiger partial charge in [0, 0.05) is 37.6 Å². The highest BCUT2D eigenvalue weighted by Crippen LogP contribution is 2.26. The summed E-state index contributed by atoms with van der Waals surface area (Å²) in [6.45, 7) is 8.87. The molecule has 0 aliphatic carbocycles. The third kappa shape index (κ3) is 2.91. The van der Waals surface area contributed by atoms with Crippen LogP contribution in [0.3, 0.4) is 0 Å². The van der Waals surface area contributed by atoms with E-state index in [1.165, 1.54) is 11.3 Å². The number of benzene rings is 1. The zero-order valence-corrected chi connectivity index (χ0v) is 11.1. The lowest BCUT2D eigenvalue weighted by Crippen LogP contribution is -2.44. The Morgan fingerprint density at radius 1 is 1.06 bits per heavy atom. The van der Waals surface area contributed by atoms with E-state index in [1.54, 1.807) is 0 Å². The molecule has 0 bridgehead atoms. The number of nitrogen functional groups attached to an aromatic ring is 1. The van der Waals surface area contributed by atoms with Gasteiger partial charge in [0.2, 0.25) is 0 Å². The molecular weight excluding hydrogens is 210 g/mol. The van der Waals surface area contributed by atoms with Crippen LogP contribution in [0.4, 0.5) is 11.4 Å². The third-order valence-electron chi connectivity index (χ3n) is 3.50. The smallest absolute Gasteiger partial charge is 0.0390 e. The van der Waals surface area contributed by atoms with Gasteiger partial charge in [0.25, 0.3) is 0 Å². The highest BCUT2D eigenvalue weighted by Gasteiger charge is 2.15. The minimum absolute atomic E-state index is 0.532. The van der Waals surface area contributed by atoms with Crippen LogP contribution in [-0.4, -0.2) is 38.1 Å². The van der Waals surface area contributed by atoms with Crippen molar-refractivity contribution in [1.82, 2.24) is 4.90 Å². The fourth-order valence-corrected chi connectivity index (χ4v) is 2.24. The van der Waals surface area contributed by atoms with Gasteiger partial charge in [-0.05, 0) is 36.7 Å². The van der Waals surface area contributed by atoms with Gasteiger partial charge in [-0.15, -0.1) is 0 Å². The summed E-state index contributed by atoms with van der Waals surface area (Å²) in [6.07, 6.45) is 0. The summed E-state index contributed by atoms with van der Waals surface area (Å²) in [6, 6.07) is 6.47. The van der Waals surface area contributed by atoms with Crippen molar-refractivity contribution in [2.75, 3.05) is 43.9 Å². The number of anilines is 2. The van der Waals surface area contributed by atoms with Crippen molar-refractivity contribution in [2.45, 2.75) is 19.8 Å². The molecule has 3 nitrogen and oxygen atoms in total. The molecule has 1 heterocycles. The summed E-state index contributed by atoms with van der Waals surface area (Å²) in [5.41, 5.74) is 9.49. The number of hydrogen-bond donors (Lipinski definition) is 1. The quantitative estimate of drug-likeness (QED) is 0.794. The predicted octanol–water partition coefficient (Wildman–Crippen LogP) is 2.14. The summed E-state index contributed by atoms with van der Waals surface area (Å²) in [4.78, 5) is 4.80. The number of hydrogen-bond acceptors (Lipinski definition) is 3. The SMILES string of the molecule is CC(C)c1cc(N)cc(N2CCN(C)CC2)c1. The molecule has 0 amide bonds. The van der Waals surface area contributed by atoms with E-state index in [9.17, 15) is 0 Å². The van der Waals surface area contributed by atoms with E-state index in [0.717, 1.165) is 31.9 Å². The molecule has 1 fully saturated rings. The van der Waals surface area contributed by atoms with Crippen molar-refractivity contribution in [3.63, 3.8) is 0 Å². The van der Waals surface area contributed by atoms with E-state index >= 15 is 0 Å². The monoisotopic (exact) mass is 233 g/mol. The van der Waals surface area contributed by atoms with Crippen LogP contribution in [-0.2, 0) is 0 Å². The lowest BCUT2D eigenvalue weighted by atomic mass is 10.0. The second-order valence-corrected chi connectivity index (χ2v) is 5.30. The Hall–Kier alpha value is -1.22. The molecule has 2 N–H and O–H groups in total. The predicted molar refractivity (Wildman–Crippen MR) is 74.7 cm³/mol. The lowest BCUT2D eigenvalue weighted by molar-refractivity contribution is 0.313. The molecule has 0 radical (unpaired) electrons. The number of piperazine rings is 1. The van der Waals surface area contributed by atoms with E-state index in [0.29, 0.717) is 5.92 Å². The van der Waals surface area contributed by atoms with Crippen LogP contribution >= 0.6 is 0 Å². The fraction of sp³-hybridized carbons (Fsp3) is 0.571. The van der Waals surface area contributed by atoms with Crippen LogP contribution in [0.2, 0.25) is 0 Å². The average molecular weight is 233 g/mol. The van der Waals surface area contributed by atoms with Crippen molar-refractivity contribution in [2.24, 2.45) is 0 Å². The molecule has 0 aromatic heterocycles. The van der Waals surface area contributed by atoms with Gasteiger partial charge < -0.3 is 15.5 Å². The van der Waals surface area contributed by atoms with Gasteiger partial charge in [-0.3, -0.25) is 0 Å². The van der Waals surface area contributed by atoms with E-state index in [4.69, 9.17) is 5.73 Å². The summed E-state index contributed by atoms with van der Waals surface area (Å²) in [5, 5.41) is 0. The first-order valence-electron chi connectivity index (χ1n) is 6.40. The van der Waals surface area contributed by atoms with Gasteiger partial charge in [-0.25, -0.2) is 0 Å². The standard InChI is InChI=1S/C14H23N3/c1-11(2)12-8-13(15)10-14(9-12)17-6-4-16(3)5-7-17/h8-11H,4-7,15H2,1-3H3. The maximum Gasteiger partial charge on any atom is 0.0390 e. The van der Waals surface area contributed by atoms with E-state index < -0.39 is 0 Å². The molecule has 3 heteroatoms. The number of rotatable bonds is 2. The Bertz CT molecular complexity index is 379. The van der Waals surface area contributed by atoms with Crippen molar-refractivity contribution in [3.8, 4) is 0 Å². The van der Waals surface area contributed by atoms with Crippen LogP contribution < -0.4 is 10.6 Å². The highest BCUT2D eigenvalue weighted by molar-refractivity contribution is 5.59. The molecule has 17 heavy (non-hydrogen) atoms. The Kier molecular flexibility index (Phi) is 3.57. The Morgan fingerprint density at radius 3 is 2.29 bits per heavy atom. The van der Waals surface area contributed by atoms with Crippen molar-refractivity contribution < 1.29 is 0 Å². The maximum atomic E-state index is 5.99. The molecule has 1 aliphatic heterocycles. The second-order valence-electron chi connectivity index (χ2n) is 5.30. The van der Waals surface area contributed by atoms with Crippen LogP contribution in [0.5, 0.6) is 0 Å². The van der Waals surface area contributed by atoms with Crippen molar-refractivity contribution in [3.05, 3.63) is 23.8 Å². The number of likely N-dealkylation sites (N-methyl/N-ethyl adjacent to an activating group) is 1. The molecule has 0 spiro atoms. The topological polar surface area (TPSA) is 32.5 Å². The molecule has 1 aromatic rings. The summed E-state index contributed by atoms with van der Waals surface area (Å²) in [7, 11) is 2.18. The van der Waals surface area contributed by atoms with Gasteiger partial charge in [-0.1, -0.05) is 13.8 Å². The van der Waals surface area contributed by atoms with Gasteiger partial charge >= 0.3 is 0 Å². The summed E-state index contributed by atoms with van der Waals surface area (Å²) in [5.74, 6) is 0.532. The van der Waals surface area contributed by atoms with Crippen LogP contribution in [0.1, 0.15) is 25.3 Å². The maximum absolute atomic E-state index is 5.99. The minimum atomic E-state index is 0.532. The molecule has 1 saturated heterocycles. The highest BCUT2D eigenvalue weighted by atomic mass is 15.2. The molecule has 94 valence electrons. The second kappa shape index (κ2) is 4.96. The number of nitrogens with two attached hydrogens (primary N) is 1. The summed E-state index contributed by atoms with van der Waals surface area (Å²) >= 11 is 0. The molecule has 0 saturated carbocycles. The molecule has 1 aromatic carbocycles. The number of nitrogens with zero attached hydrogens (tertiary/aromatic N) is 2. The molecule has 0 unspecified atom stereocenters. The molecular formula is C14H23N3. The zero-order valence-electron chi connectivity index (χ0n) is 11.1. The van der Waals surface area contributed by atoms with Crippen molar-refractivity contribution in [1.29, 1.82) is 0 Å². The Balaban J connectivity index is 2.20. The molecule has 1 aliphatic rings. The lowest BCUT2D eigenvalue weighted by Gasteiger charge is -2.34. The first-order valence-corrected chi connectivity index (χ1v) is 6.40. The Labute approximate surface area is 104 Å². The normalized spacial score (nSPS) is 17.8. The molecule has 0 atom stereocenters. The summed E-state index contributed by atoms with van der Waals surface area (Å²) < 4.78 is 0. The van der Waals surface area contributed by atoms with E-state index in [-0.39, 0.29) is 0 Å². The van der Waals surface area contributed by atoms with Gasteiger partial charge in [0.1, 0.15) is 0 Å².